The average molecular weight is 358 g/mol. The Morgan fingerprint density at radius 3 is 2.88 bits per heavy atom. The summed E-state index contributed by atoms with van der Waals surface area (Å²) in [5.74, 6) is 1.33. The number of amides is 1. The van der Waals surface area contributed by atoms with Gasteiger partial charge in [0.2, 0.25) is 0 Å². The molecule has 1 fully saturated rings. The van der Waals surface area contributed by atoms with E-state index in [9.17, 15) is 4.79 Å². The number of rotatable bonds is 5. The summed E-state index contributed by atoms with van der Waals surface area (Å²) in [5, 5.41) is 3.73. The second-order valence-corrected chi connectivity index (χ2v) is 7.55. The molecule has 1 amide bonds. The van der Waals surface area contributed by atoms with E-state index in [1.807, 2.05) is 18.3 Å². The molecular weight excluding hydrogens is 332 g/mol. The molecule has 1 aliphatic carbocycles. The highest BCUT2D eigenvalue weighted by Crippen LogP contribution is 2.30. The summed E-state index contributed by atoms with van der Waals surface area (Å²) in [6.07, 6.45) is 8.52. The Labute approximate surface area is 153 Å². The molecule has 1 aliphatic heterocycles. The molecule has 0 spiro atoms. The molecule has 0 aromatic carbocycles. The molecule has 1 unspecified atom stereocenters. The number of carbonyl (C=O) groups is 1. The number of hydrogen-bond acceptors (Lipinski definition) is 5. The summed E-state index contributed by atoms with van der Waals surface area (Å²) >= 11 is 0. The molecule has 1 atom stereocenters. The van der Waals surface area contributed by atoms with E-state index >= 15 is 0 Å². The van der Waals surface area contributed by atoms with Crippen LogP contribution in [0.5, 0.6) is 0 Å². The summed E-state index contributed by atoms with van der Waals surface area (Å²) < 4.78 is 13.2. The number of aryl methyl sites for hydroxylation is 2. The van der Waals surface area contributed by atoms with Crippen LogP contribution in [0.15, 0.2) is 17.0 Å². The molecule has 2 aliphatic rings. The van der Waals surface area contributed by atoms with E-state index in [1.165, 1.54) is 37.6 Å². The zero-order valence-electron chi connectivity index (χ0n) is 15.5. The molecular formula is C19H26N4O3. The molecule has 0 radical (unpaired) electrons. The van der Waals surface area contributed by atoms with Crippen LogP contribution in [0, 0.1) is 12.8 Å². The van der Waals surface area contributed by atoms with E-state index < -0.39 is 0 Å². The Morgan fingerprint density at radius 1 is 1.35 bits per heavy atom. The quantitative estimate of drug-likeness (QED) is 0.821. The molecule has 7 nitrogen and oxygen atoms in total. The highest BCUT2D eigenvalue weighted by molar-refractivity contribution is 5.94. The molecule has 4 rings (SSSR count). The van der Waals surface area contributed by atoms with Crippen LogP contribution in [0.2, 0.25) is 0 Å². The lowest BCUT2D eigenvalue weighted by Crippen LogP contribution is -2.40. The summed E-state index contributed by atoms with van der Waals surface area (Å²) in [4.78, 5) is 19.2. The Kier molecular flexibility index (Phi) is 4.80. The maximum absolute atomic E-state index is 12.9. The van der Waals surface area contributed by atoms with E-state index in [0.717, 1.165) is 12.3 Å². The minimum atomic E-state index is -0.0548. The zero-order valence-corrected chi connectivity index (χ0v) is 15.5. The minimum Gasteiger partial charge on any atom is -0.380 e. The van der Waals surface area contributed by atoms with E-state index in [-0.39, 0.29) is 11.8 Å². The number of hydrogen-bond donors (Lipinski definition) is 0. The fourth-order valence-electron chi connectivity index (χ4n) is 4.25. The highest BCUT2D eigenvalue weighted by Gasteiger charge is 2.33. The van der Waals surface area contributed by atoms with Crippen LogP contribution in [0.25, 0.3) is 0 Å². The molecule has 1 saturated carbocycles. The monoisotopic (exact) mass is 358 g/mol. The maximum Gasteiger partial charge on any atom is 0.259 e. The summed E-state index contributed by atoms with van der Waals surface area (Å²) in [6.45, 7) is 4.34. The van der Waals surface area contributed by atoms with Crippen LogP contribution >= 0.6 is 0 Å². The van der Waals surface area contributed by atoms with Crippen molar-refractivity contribution in [1.29, 1.82) is 0 Å². The van der Waals surface area contributed by atoms with Crippen molar-refractivity contribution < 1.29 is 14.1 Å². The third-order valence-corrected chi connectivity index (χ3v) is 5.65. The molecule has 2 aromatic rings. The van der Waals surface area contributed by atoms with Crippen molar-refractivity contribution in [1.82, 2.24) is 19.6 Å². The third-order valence-electron chi connectivity index (χ3n) is 5.65. The van der Waals surface area contributed by atoms with Gasteiger partial charge in [-0.1, -0.05) is 18.0 Å². The third kappa shape index (κ3) is 3.28. The number of aromatic nitrogens is 3. The van der Waals surface area contributed by atoms with E-state index in [2.05, 4.69) is 14.7 Å². The fourth-order valence-corrected chi connectivity index (χ4v) is 4.25. The first-order valence-electron chi connectivity index (χ1n) is 9.42. The lowest BCUT2D eigenvalue weighted by Gasteiger charge is -2.33. The van der Waals surface area contributed by atoms with Gasteiger partial charge in [0, 0.05) is 31.8 Å². The van der Waals surface area contributed by atoms with Crippen LogP contribution in [-0.2, 0) is 18.3 Å². The summed E-state index contributed by atoms with van der Waals surface area (Å²) in [7, 11) is 2.01. The normalized spacial score (nSPS) is 20.5. The van der Waals surface area contributed by atoms with Gasteiger partial charge in [0.15, 0.2) is 0 Å². The summed E-state index contributed by atoms with van der Waals surface area (Å²) in [6, 6.07) is 0. The van der Waals surface area contributed by atoms with Crippen molar-refractivity contribution in [2.24, 2.45) is 13.0 Å². The first-order chi connectivity index (χ1) is 12.6. The standard InChI is InChI=1S/C19H26N4O3/c1-13-16(7-21-26-13)19(24)23-8-15(11-25-10-14-5-3-4-6-14)18-17(9-23)20-12-22(18)2/h7,12,14-15H,3-6,8-11H2,1-2H3. The molecule has 0 N–H and O–H groups in total. The SMILES string of the molecule is Cc1oncc1C(=O)N1Cc2ncn(C)c2C(COCC2CCCC2)C1. The molecule has 26 heavy (non-hydrogen) atoms. The fraction of sp³-hybridized carbons (Fsp3) is 0.632. The van der Waals surface area contributed by atoms with Gasteiger partial charge in [-0.3, -0.25) is 4.79 Å². The number of ether oxygens (including phenoxy) is 1. The summed E-state index contributed by atoms with van der Waals surface area (Å²) in [5.41, 5.74) is 2.66. The topological polar surface area (TPSA) is 73.4 Å². The van der Waals surface area contributed by atoms with Gasteiger partial charge >= 0.3 is 0 Å². The molecule has 7 heteroatoms. The van der Waals surface area contributed by atoms with Crippen molar-refractivity contribution in [3.8, 4) is 0 Å². The van der Waals surface area contributed by atoms with Crippen molar-refractivity contribution in [2.75, 3.05) is 19.8 Å². The van der Waals surface area contributed by atoms with E-state index in [4.69, 9.17) is 9.26 Å². The Morgan fingerprint density at radius 2 is 2.15 bits per heavy atom. The predicted molar refractivity (Wildman–Crippen MR) is 94.7 cm³/mol. The first kappa shape index (κ1) is 17.3. The lowest BCUT2D eigenvalue weighted by molar-refractivity contribution is 0.0571. The maximum atomic E-state index is 12.9. The minimum absolute atomic E-state index is 0.0548. The van der Waals surface area contributed by atoms with Crippen LogP contribution in [0.3, 0.4) is 0 Å². The van der Waals surface area contributed by atoms with Crippen molar-refractivity contribution in [3.63, 3.8) is 0 Å². The molecule has 2 aromatic heterocycles. The van der Waals surface area contributed by atoms with Gasteiger partial charge in [-0.15, -0.1) is 0 Å². The second kappa shape index (κ2) is 7.23. The number of fused-ring (bicyclic) bond motifs is 1. The van der Waals surface area contributed by atoms with Gasteiger partial charge in [0.05, 0.1) is 31.4 Å². The Balaban J connectivity index is 1.48. The average Bonchev–Trinajstić information content (AvgIpc) is 3.36. The van der Waals surface area contributed by atoms with Gasteiger partial charge in [-0.05, 0) is 25.7 Å². The van der Waals surface area contributed by atoms with Crippen LogP contribution in [0.1, 0.15) is 59.1 Å². The van der Waals surface area contributed by atoms with Gasteiger partial charge in [-0.25, -0.2) is 4.98 Å². The van der Waals surface area contributed by atoms with Gasteiger partial charge < -0.3 is 18.7 Å². The van der Waals surface area contributed by atoms with Crippen molar-refractivity contribution >= 4 is 5.91 Å². The van der Waals surface area contributed by atoms with Gasteiger partial charge in [0.1, 0.15) is 11.3 Å². The van der Waals surface area contributed by atoms with Crippen molar-refractivity contribution in [2.45, 2.75) is 45.1 Å². The smallest absolute Gasteiger partial charge is 0.259 e. The van der Waals surface area contributed by atoms with Crippen LogP contribution in [0.4, 0.5) is 0 Å². The Hall–Kier alpha value is -2.15. The molecule has 0 saturated heterocycles. The molecule has 140 valence electrons. The Bertz CT molecular complexity index is 776. The van der Waals surface area contributed by atoms with E-state index in [0.29, 0.717) is 36.9 Å². The second-order valence-electron chi connectivity index (χ2n) is 7.55. The van der Waals surface area contributed by atoms with Crippen LogP contribution < -0.4 is 0 Å². The van der Waals surface area contributed by atoms with E-state index in [1.54, 1.807) is 6.92 Å². The van der Waals surface area contributed by atoms with Crippen LogP contribution in [-0.4, -0.2) is 45.3 Å². The van der Waals surface area contributed by atoms with Gasteiger partial charge in [-0.2, -0.15) is 0 Å². The van der Waals surface area contributed by atoms with Crippen molar-refractivity contribution in [3.05, 3.63) is 35.2 Å². The largest absolute Gasteiger partial charge is 0.380 e. The molecule has 0 bridgehead atoms. The first-order valence-corrected chi connectivity index (χ1v) is 9.42. The zero-order chi connectivity index (χ0) is 18.1. The number of nitrogens with zero attached hydrogens (tertiary/aromatic N) is 4. The highest BCUT2D eigenvalue weighted by atomic mass is 16.5. The lowest BCUT2D eigenvalue weighted by atomic mass is 9.98. The van der Waals surface area contributed by atoms with Gasteiger partial charge in [0.25, 0.3) is 5.91 Å². The predicted octanol–water partition coefficient (Wildman–Crippen LogP) is 2.66. The number of carbonyl (C=O) groups excluding carboxylic acids is 1. The number of imidazole rings is 1. The molecule has 3 heterocycles.